The molecule has 5 aromatic carbocycles. The molecular weight excluding hydrogens is 492 g/mol. The Labute approximate surface area is 226 Å². The van der Waals surface area contributed by atoms with Crippen LogP contribution >= 0.6 is 11.6 Å². The Balaban J connectivity index is 1.40. The predicted octanol–water partition coefficient (Wildman–Crippen LogP) is 10.8. The maximum atomic E-state index is 6.25. The molecule has 6 rings (SSSR count). The lowest BCUT2D eigenvalue weighted by Crippen LogP contribution is -2.45. The van der Waals surface area contributed by atoms with Crippen molar-refractivity contribution < 1.29 is 0 Å². The van der Waals surface area contributed by atoms with Crippen LogP contribution in [0.1, 0.15) is 26.7 Å². The topological polar surface area (TPSA) is 73.5 Å². The lowest BCUT2D eigenvalue weighted by atomic mass is 9.96. The standard InChI is InChI=1S/C31H27ClN6/c1-3-19-31(2)33-27-14-8-9-20-15-16-28(30(34-31)29(20)27)38-36-25-18-17-24(21-10-4-5-11-22(21)25)35-37-26-13-7-6-12-23(26)32/h4-18,33-34H,3,19H2,1-2H3/b37-35?,38-36+. The molecule has 0 spiro atoms. The van der Waals surface area contributed by atoms with Gasteiger partial charge in [0.15, 0.2) is 0 Å². The van der Waals surface area contributed by atoms with Crippen LogP contribution in [-0.2, 0) is 0 Å². The second kappa shape index (κ2) is 9.88. The molecule has 0 fully saturated rings. The Morgan fingerprint density at radius 3 is 2.00 bits per heavy atom. The number of rotatable bonds is 6. The quantitative estimate of drug-likeness (QED) is 0.219. The minimum atomic E-state index is -0.261. The number of hydrogen-bond acceptors (Lipinski definition) is 6. The van der Waals surface area contributed by atoms with E-state index >= 15 is 0 Å². The fraction of sp³-hybridized carbons (Fsp3) is 0.161. The van der Waals surface area contributed by atoms with E-state index in [1.54, 1.807) is 6.07 Å². The van der Waals surface area contributed by atoms with Gasteiger partial charge < -0.3 is 10.6 Å². The Hall–Kier alpha value is -4.29. The number of anilines is 2. The van der Waals surface area contributed by atoms with Crippen molar-refractivity contribution in [2.45, 2.75) is 32.4 Å². The van der Waals surface area contributed by atoms with Gasteiger partial charge in [-0.1, -0.05) is 79.5 Å². The summed E-state index contributed by atoms with van der Waals surface area (Å²) in [6.45, 7) is 4.38. The molecule has 0 amide bonds. The third-order valence-corrected chi connectivity index (χ3v) is 7.17. The van der Waals surface area contributed by atoms with Crippen molar-refractivity contribution in [2.24, 2.45) is 20.5 Å². The summed E-state index contributed by atoms with van der Waals surface area (Å²) in [5.74, 6) is 0. The van der Waals surface area contributed by atoms with Gasteiger partial charge >= 0.3 is 0 Å². The maximum Gasteiger partial charge on any atom is 0.110 e. The first-order valence-electron chi connectivity index (χ1n) is 12.8. The summed E-state index contributed by atoms with van der Waals surface area (Å²) in [6, 6.07) is 29.7. The zero-order chi connectivity index (χ0) is 26.1. The summed E-state index contributed by atoms with van der Waals surface area (Å²) in [7, 11) is 0. The fourth-order valence-corrected chi connectivity index (χ4v) is 5.28. The molecule has 1 atom stereocenters. The van der Waals surface area contributed by atoms with Crippen molar-refractivity contribution >= 4 is 67.3 Å². The molecule has 1 unspecified atom stereocenters. The highest BCUT2D eigenvalue weighted by atomic mass is 35.5. The summed E-state index contributed by atoms with van der Waals surface area (Å²) >= 11 is 6.25. The fourth-order valence-electron chi connectivity index (χ4n) is 5.10. The number of benzene rings is 5. The molecule has 0 aromatic heterocycles. The van der Waals surface area contributed by atoms with E-state index in [-0.39, 0.29) is 5.66 Å². The van der Waals surface area contributed by atoms with Gasteiger partial charge in [-0.2, -0.15) is 0 Å². The van der Waals surface area contributed by atoms with Gasteiger partial charge in [0.2, 0.25) is 0 Å². The van der Waals surface area contributed by atoms with Crippen molar-refractivity contribution in [2.75, 3.05) is 10.6 Å². The van der Waals surface area contributed by atoms with Crippen molar-refractivity contribution in [3.8, 4) is 0 Å². The van der Waals surface area contributed by atoms with E-state index in [0.717, 1.165) is 62.8 Å². The smallest absolute Gasteiger partial charge is 0.110 e. The lowest BCUT2D eigenvalue weighted by Gasteiger charge is -2.39. The summed E-state index contributed by atoms with van der Waals surface area (Å²) in [4.78, 5) is 0. The van der Waals surface area contributed by atoms with Gasteiger partial charge in [0.1, 0.15) is 17.0 Å². The van der Waals surface area contributed by atoms with E-state index in [4.69, 9.17) is 21.8 Å². The van der Waals surface area contributed by atoms with Gasteiger partial charge in [-0.3, -0.25) is 0 Å². The highest BCUT2D eigenvalue weighted by Crippen LogP contribution is 2.45. The van der Waals surface area contributed by atoms with Crippen LogP contribution in [0.2, 0.25) is 5.02 Å². The average Bonchev–Trinajstić information content (AvgIpc) is 2.92. The summed E-state index contributed by atoms with van der Waals surface area (Å²) in [6.07, 6.45) is 2.03. The molecule has 0 radical (unpaired) electrons. The second-order valence-electron chi connectivity index (χ2n) is 9.70. The van der Waals surface area contributed by atoms with Crippen LogP contribution in [0, 0.1) is 0 Å². The van der Waals surface area contributed by atoms with Crippen LogP contribution in [0.15, 0.2) is 111 Å². The van der Waals surface area contributed by atoms with Crippen LogP contribution in [0.5, 0.6) is 0 Å². The summed E-state index contributed by atoms with van der Waals surface area (Å²) in [5, 5.41) is 30.5. The molecule has 6 nitrogen and oxygen atoms in total. The van der Waals surface area contributed by atoms with E-state index in [2.05, 4.69) is 59.0 Å². The van der Waals surface area contributed by atoms with E-state index in [0.29, 0.717) is 10.7 Å². The van der Waals surface area contributed by atoms with Crippen LogP contribution in [0.25, 0.3) is 21.5 Å². The summed E-state index contributed by atoms with van der Waals surface area (Å²) < 4.78 is 0. The van der Waals surface area contributed by atoms with E-state index in [9.17, 15) is 0 Å². The molecule has 0 saturated carbocycles. The SMILES string of the molecule is CCCC1(C)Nc2cccc3ccc(/N=N/c4ccc(N=Nc5ccccc5Cl)c5ccccc45)c(c23)N1. The van der Waals surface area contributed by atoms with Gasteiger partial charge in [-0.15, -0.1) is 20.5 Å². The Morgan fingerprint density at radius 1 is 0.658 bits per heavy atom. The first kappa shape index (κ1) is 24.1. The monoisotopic (exact) mass is 518 g/mol. The lowest BCUT2D eigenvalue weighted by molar-refractivity contribution is 0.524. The van der Waals surface area contributed by atoms with Gasteiger partial charge in [0.25, 0.3) is 0 Å². The van der Waals surface area contributed by atoms with Gasteiger partial charge in [-0.05, 0) is 55.1 Å². The van der Waals surface area contributed by atoms with Crippen LogP contribution < -0.4 is 10.6 Å². The molecule has 38 heavy (non-hydrogen) atoms. The second-order valence-corrected chi connectivity index (χ2v) is 10.1. The average molecular weight is 519 g/mol. The zero-order valence-corrected chi connectivity index (χ0v) is 22.0. The van der Waals surface area contributed by atoms with Crippen LogP contribution in [0.3, 0.4) is 0 Å². The third kappa shape index (κ3) is 4.48. The molecule has 0 aliphatic carbocycles. The molecule has 1 aliphatic rings. The minimum Gasteiger partial charge on any atom is -0.363 e. The largest absolute Gasteiger partial charge is 0.363 e. The van der Waals surface area contributed by atoms with Crippen molar-refractivity contribution in [3.05, 3.63) is 96.0 Å². The first-order chi connectivity index (χ1) is 18.5. The van der Waals surface area contributed by atoms with E-state index in [1.165, 1.54) is 0 Å². The zero-order valence-electron chi connectivity index (χ0n) is 21.2. The van der Waals surface area contributed by atoms with Gasteiger partial charge in [0, 0.05) is 21.8 Å². The molecule has 5 aromatic rings. The highest BCUT2D eigenvalue weighted by molar-refractivity contribution is 6.32. The summed E-state index contributed by atoms with van der Waals surface area (Å²) in [5.41, 5.74) is 4.80. The molecule has 0 saturated heterocycles. The number of halogens is 1. The number of azo groups is 2. The van der Waals surface area contributed by atoms with Crippen molar-refractivity contribution in [1.29, 1.82) is 0 Å². The minimum absolute atomic E-state index is 0.261. The van der Waals surface area contributed by atoms with Crippen molar-refractivity contribution in [3.63, 3.8) is 0 Å². The van der Waals surface area contributed by atoms with Crippen LogP contribution in [-0.4, -0.2) is 5.66 Å². The first-order valence-corrected chi connectivity index (χ1v) is 13.1. The molecular formula is C31H27ClN6. The Kier molecular flexibility index (Phi) is 6.26. The maximum absolute atomic E-state index is 6.25. The van der Waals surface area contributed by atoms with E-state index < -0.39 is 0 Å². The number of nitrogens with one attached hydrogen (secondary N) is 2. The van der Waals surface area contributed by atoms with Gasteiger partial charge in [0.05, 0.1) is 22.1 Å². The normalized spacial score (nSPS) is 16.8. The predicted molar refractivity (Wildman–Crippen MR) is 158 cm³/mol. The molecule has 1 heterocycles. The van der Waals surface area contributed by atoms with Crippen LogP contribution in [0.4, 0.5) is 34.1 Å². The molecule has 2 N–H and O–H groups in total. The third-order valence-electron chi connectivity index (χ3n) is 6.85. The molecule has 188 valence electrons. The molecule has 1 aliphatic heterocycles. The molecule has 7 heteroatoms. The highest BCUT2D eigenvalue weighted by Gasteiger charge is 2.30. The number of fused-ring (bicyclic) bond motifs is 1. The van der Waals surface area contributed by atoms with Crippen molar-refractivity contribution in [1.82, 2.24) is 0 Å². The Bertz CT molecular complexity index is 1730. The number of nitrogens with zero attached hydrogens (tertiary/aromatic N) is 4. The number of hydrogen-bond donors (Lipinski definition) is 2. The Morgan fingerprint density at radius 2 is 1.29 bits per heavy atom. The molecule has 0 bridgehead atoms. The van der Waals surface area contributed by atoms with Gasteiger partial charge in [-0.25, -0.2) is 0 Å². The van der Waals surface area contributed by atoms with E-state index in [1.807, 2.05) is 60.7 Å².